The molecule has 2 heterocycles. The molecule has 2 unspecified atom stereocenters. The van der Waals surface area contributed by atoms with Gasteiger partial charge < -0.3 is 19.7 Å². The van der Waals surface area contributed by atoms with Crippen LogP contribution in [0.4, 0.5) is 11.4 Å². The van der Waals surface area contributed by atoms with Crippen LogP contribution in [0.2, 0.25) is 0 Å². The second kappa shape index (κ2) is 7.01. The molecule has 1 fully saturated rings. The SMILES string of the molecule is CC1CC(C)CN(c2ccc(NC(=O)c3ccco3)cc2C(=O)O)C1. The van der Waals surface area contributed by atoms with Gasteiger partial charge in [-0.2, -0.15) is 0 Å². The first-order valence-electron chi connectivity index (χ1n) is 8.41. The number of benzene rings is 1. The molecule has 2 aromatic rings. The fourth-order valence-corrected chi connectivity index (χ4v) is 3.52. The van der Waals surface area contributed by atoms with E-state index in [9.17, 15) is 14.7 Å². The highest BCUT2D eigenvalue weighted by Gasteiger charge is 2.25. The number of aromatic carboxylic acids is 1. The third kappa shape index (κ3) is 3.84. The third-order valence-electron chi connectivity index (χ3n) is 4.44. The molecule has 1 saturated heterocycles. The largest absolute Gasteiger partial charge is 0.478 e. The van der Waals surface area contributed by atoms with Crippen molar-refractivity contribution in [2.75, 3.05) is 23.3 Å². The highest BCUT2D eigenvalue weighted by Crippen LogP contribution is 2.30. The summed E-state index contributed by atoms with van der Waals surface area (Å²) in [6.45, 7) is 6.04. The molecule has 2 atom stereocenters. The maximum absolute atomic E-state index is 12.1. The van der Waals surface area contributed by atoms with Crippen LogP contribution in [-0.4, -0.2) is 30.1 Å². The van der Waals surface area contributed by atoms with Gasteiger partial charge in [0.15, 0.2) is 5.76 Å². The molecule has 1 aliphatic heterocycles. The Bertz CT molecular complexity index is 760. The average Bonchev–Trinajstić information content (AvgIpc) is 3.08. The van der Waals surface area contributed by atoms with Crippen molar-refractivity contribution in [2.45, 2.75) is 20.3 Å². The zero-order valence-electron chi connectivity index (χ0n) is 14.4. The molecule has 1 aromatic carbocycles. The Kier molecular flexibility index (Phi) is 4.79. The van der Waals surface area contributed by atoms with Gasteiger partial charge in [0.25, 0.3) is 5.91 Å². The normalized spacial score (nSPS) is 20.3. The molecule has 2 N–H and O–H groups in total. The fraction of sp³-hybridized carbons (Fsp3) is 0.368. The number of furan rings is 1. The predicted molar refractivity (Wildman–Crippen MR) is 95.2 cm³/mol. The van der Waals surface area contributed by atoms with Crippen molar-refractivity contribution >= 4 is 23.3 Å². The maximum Gasteiger partial charge on any atom is 0.337 e. The fourth-order valence-electron chi connectivity index (χ4n) is 3.52. The minimum Gasteiger partial charge on any atom is -0.478 e. The summed E-state index contributed by atoms with van der Waals surface area (Å²) in [5.74, 6) is -0.198. The summed E-state index contributed by atoms with van der Waals surface area (Å²) in [5, 5.41) is 12.3. The van der Waals surface area contributed by atoms with E-state index in [0.29, 0.717) is 23.2 Å². The quantitative estimate of drug-likeness (QED) is 0.885. The Morgan fingerprint density at radius 2 is 1.92 bits per heavy atom. The summed E-state index contributed by atoms with van der Waals surface area (Å²) >= 11 is 0. The minimum atomic E-state index is -1.00. The smallest absolute Gasteiger partial charge is 0.337 e. The maximum atomic E-state index is 12.1. The van der Waals surface area contributed by atoms with Crippen LogP contribution < -0.4 is 10.2 Å². The number of carbonyl (C=O) groups is 2. The first-order chi connectivity index (χ1) is 11.9. The van der Waals surface area contributed by atoms with E-state index in [4.69, 9.17) is 4.42 Å². The monoisotopic (exact) mass is 342 g/mol. The number of anilines is 2. The summed E-state index contributed by atoms with van der Waals surface area (Å²) in [6, 6.07) is 8.18. The molecule has 1 aromatic heterocycles. The van der Waals surface area contributed by atoms with E-state index in [0.717, 1.165) is 19.5 Å². The lowest BCUT2D eigenvalue weighted by molar-refractivity contribution is 0.0697. The van der Waals surface area contributed by atoms with Crippen LogP contribution in [0.5, 0.6) is 0 Å². The number of nitrogens with one attached hydrogen (secondary N) is 1. The molecule has 0 spiro atoms. The molecular formula is C19H22N2O4. The number of carbonyl (C=O) groups excluding carboxylic acids is 1. The van der Waals surface area contributed by atoms with E-state index in [1.165, 1.54) is 12.3 Å². The molecule has 1 aliphatic rings. The predicted octanol–water partition coefficient (Wildman–Crippen LogP) is 3.71. The number of amides is 1. The Balaban J connectivity index is 1.85. The molecule has 0 bridgehead atoms. The van der Waals surface area contributed by atoms with Crippen molar-refractivity contribution < 1.29 is 19.1 Å². The molecule has 6 nitrogen and oxygen atoms in total. The second-order valence-electron chi connectivity index (χ2n) is 6.82. The molecule has 1 amide bonds. The molecule has 3 rings (SSSR count). The first kappa shape index (κ1) is 17.1. The van der Waals surface area contributed by atoms with Gasteiger partial charge in [-0.3, -0.25) is 4.79 Å². The van der Waals surface area contributed by atoms with E-state index in [1.807, 2.05) is 0 Å². The van der Waals surface area contributed by atoms with Crippen molar-refractivity contribution in [1.82, 2.24) is 0 Å². The van der Waals surface area contributed by atoms with Crippen molar-refractivity contribution in [2.24, 2.45) is 11.8 Å². The molecule has 6 heteroatoms. The van der Waals surface area contributed by atoms with Gasteiger partial charge in [0, 0.05) is 18.8 Å². The van der Waals surface area contributed by atoms with Crippen molar-refractivity contribution in [3.05, 3.63) is 47.9 Å². The molecule has 0 aliphatic carbocycles. The summed E-state index contributed by atoms with van der Waals surface area (Å²) in [4.78, 5) is 25.9. The number of hydrogen-bond donors (Lipinski definition) is 2. The van der Waals surface area contributed by atoms with E-state index in [2.05, 4.69) is 24.1 Å². The van der Waals surface area contributed by atoms with E-state index in [1.54, 1.807) is 24.3 Å². The summed E-state index contributed by atoms with van der Waals surface area (Å²) in [5.41, 5.74) is 1.32. The number of piperidine rings is 1. The summed E-state index contributed by atoms with van der Waals surface area (Å²) in [7, 11) is 0. The highest BCUT2D eigenvalue weighted by atomic mass is 16.4. The molecular weight excluding hydrogens is 320 g/mol. The van der Waals surface area contributed by atoms with Gasteiger partial charge in [0.2, 0.25) is 0 Å². The Morgan fingerprint density at radius 1 is 1.20 bits per heavy atom. The van der Waals surface area contributed by atoms with E-state index >= 15 is 0 Å². The van der Waals surface area contributed by atoms with Crippen LogP contribution in [0.3, 0.4) is 0 Å². The lowest BCUT2D eigenvalue weighted by atomic mass is 9.91. The number of rotatable bonds is 4. The number of carboxylic acid groups (broad SMARTS) is 1. The molecule has 0 radical (unpaired) electrons. The van der Waals surface area contributed by atoms with Crippen LogP contribution in [0.25, 0.3) is 0 Å². The van der Waals surface area contributed by atoms with Crippen LogP contribution in [0.15, 0.2) is 41.0 Å². The van der Waals surface area contributed by atoms with Crippen LogP contribution in [0.1, 0.15) is 41.2 Å². The highest BCUT2D eigenvalue weighted by molar-refractivity contribution is 6.03. The molecule has 25 heavy (non-hydrogen) atoms. The van der Waals surface area contributed by atoms with Gasteiger partial charge >= 0.3 is 5.97 Å². The Hall–Kier alpha value is -2.76. The summed E-state index contributed by atoms with van der Waals surface area (Å²) in [6.07, 6.45) is 2.57. The van der Waals surface area contributed by atoms with Crippen molar-refractivity contribution in [1.29, 1.82) is 0 Å². The number of hydrogen-bond acceptors (Lipinski definition) is 4. The van der Waals surface area contributed by atoms with Gasteiger partial charge in [-0.15, -0.1) is 0 Å². The number of nitrogens with zero attached hydrogens (tertiary/aromatic N) is 1. The van der Waals surface area contributed by atoms with Crippen molar-refractivity contribution in [3.63, 3.8) is 0 Å². The zero-order chi connectivity index (χ0) is 18.0. The van der Waals surface area contributed by atoms with Crippen LogP contribution >= 0.6 is 0 Å². The van der Waals surface area contributed by atoms with Crippen molar-refractivity contribution in [3.8, 4) is 0 Å². The lowest BCUT2D eigenvalue weighted by Crippen LogP contribution is -2.39. The van der Waals surface area contributed by atoms with E-state index in [-0.39, 0.29) is 11.3 Å². The first-order valence-corrected chi connectivity index (χ1v) is 8.41. The van der Waals surface area contributed by atoms with Crippen LogP contribution in [0, 0.1) is 11.8 Å². The molecule has 0 saturated carbocycles. The minimum absolute atomic E-state index is 0.180. The van der Waals surface area contributed by atoms with Gasteiger partial charge in [0.1, 0.15) is 0 Å². The third-order valence-corrected chi connectivity index (χ3v) is 4.44. The Morgan fingerprint density at radius 3 is 2.52 bits per heavy atom. The second-order valence-corrected chi connectivity index (χ2v) is 6.82. The van der Waals surface area contributed by atoms with Gasteiger partial charge in [-0.05, 0) is 48.6 Å². The zero-order valence-corrected chi connectivity index (χ0v) is 14.4. The topological polar surface area (TPSA) is 82.8 Å². The van der Waals surface area contributed by atoms with E-state index < -0.39 is 11.9 Å². The van der Waals surface area contributed by atoms with Gasteiger partial charge in [-0.25, -0.2) is 4.79 Å². The standard InChI is InChI=1S/C19H22N2O4/c1-12-8-13(2)11-21(10-12)16-6-5-14(9-15(16)19(23)24)20-18(22)17-4-3-7-25-17/h3-7,9,12-13H,8,10-11H2,1-2H3,(H,20,22)(H,23,24). The van der Waals surface area contributed by atoms with Gasteiger partial charge in [0.05, 0.1) is 17.5 Å². The lowest BCUT2D eigenvalue weighted by Gasteiger charge is -2.37. The van der Waals surface area contributed by atoms with Gasteiger partial charge in [-0.1, -0.05) is 13.8 Å². The number of carboxylic acids is 1. The average molecular weight is 342 g/mol. The summed E-state index contributed by atoms with van der Waals surface area (Å²) < 4.78 is 5.05. The Labute approximate surface area is 146 Å². The van der Waals surface area contributed by atoms with Crippen LogP contribution in [-0.2, 0) is 0 Å². The molecule has 132 valence electrons.